The molecule has 0 aliphatic rings. The molecular weight excluding hydrogens is 879 g/mol. The van der Waals surface area contributed by atoms with Crippen molar-refractivity contribution in [3.05, 3.63) is 175 Å². The fraction of sp³-hybridized carbons (Fsp3) is 0.178. The van der Waals surface area contributed by atoms with Gasteiger partial charge in [0.15, 0.2) is 11.2 Å². The molecule has 0 N–H and O–H groups in total. The SMILES string of the molecule is CCCCc1nc(I)c(C(=O)OCC)n1Cc1ccc2oc(-c3ccccc3-c3nnn(C(c4ccccc4)(c4ccccc4)c4ccccc4)n3)c(Br)c2c1. The van der Waals surface area contributed by atoms with E-state index >= 15 is 0 Å². The number of rotatable bonds is 13. The van der Waals surface area contributed by atoms with Crippen molar-refractivity contribution in [2.75, 3.05) is 6.61 Å². The highest BCUT2D eigenvalue weighted by atomic mass is 127. The minimum atomic E-state index is -0.906. The van der Waals surface area contributed by atoms with E-state index in [1.807, 2.05) is 102 Å². The van der Waals surface area contributed by atoms with Crippen LogP contribution in [0.2, 0.25) is 0 Å². The Morgan fingerprint density at radius 1 is 0.821 bits per heavy atom. The second-order valence-corrected chi connectivity index (χ2v) is 15.2. The van der Waals surface area contributed by atoms with Crippen molar-refractivity contribution < 1.29 is 13.9 Å². The first-order chi connectivity index (χ1) is 27.4. The van der Waals surface area contributed by atoms with E-state index in [4.69, 9.17) is 29.5 Å². The Morgan fingerprint density at radius 3 is 2.04 bits per heavy atom. The van der Waals surface area contributed by atoms with Gasteiger partial charge in [0.05, 0.1) is 11.1 Å². The summed E-state index contributed by atoms with van der Waals surface area (Å²) >= 11 is 6.04. The first kappa shape index (κ1) is 37.5. The van der Waals surface area contributed by atoms with E-state index in [0.717, 1.165) is 73.9 Å². The van der Waals surface area contributed by atoms with Crippen LogP contribution in [0.4, 0.5) is 0 Å². The quantitative estimate of drug-likeness (QED) is 0.0645. The fourth-order valence-corrected chi connectivity index (χ4v) is 8.74. The summed E-state index contributed by atoms with van der Waals surface area (Å²) in [6.45, 7) is 4.72. The predicted molar refractivity (Wildman–Crippen MR) is 229 cm³/mol. The van der Waals surface area contributed by atoms with Crippen LogP contribution in [0.3, 0.4) is 0 Å². The lowest BCUT2D eigenvalue weighted by Crippen LogP contribution is -2.39. The number of tetrazole rings is 1. The molecule has 0 atom stereocenters. The molecule has 3 heterocycles. The number of fused-ring (bicyclic) bond motifs is 1. The zero-order chi connectivity index (χ0) is 38.6. The standard InChI is InChI=1S/C45H38BrIN6O3/c1-3-5-25-38-48-42(47)40(44(54)55-4-2)52(38)29-30-26-27-37-36(28-30)39(46)41(56-37)34-23-15-16-24-35(34)43-49-51-53(50-43)45(31-17-9-6-10-18-31,32-19-11-7-12-20-32)33-21-13-8-14-22-33/h6-24,26-28H,3-5,25,29H2,1-2H3. The van der Waals surface area contributed by atoms with Gasteiger partial charge in [0.25, 0.3) is 0 Å². The lowest BCUT2D eigenvalue weighted by Gasteiger charge is -2.34. The van der Waals surface area contributed by atoms with Crippen LogP contribution in [0.5, 0.6) is 0 Å². The van der Waals surface area contributed by atoms with Gasteiger partial charge in [-0.15, -0.1) is 15.0 Å². The fourth-order valence-electron chi connectivity index (χ4n) is 7.35. The van der Waals surface area contributed by atoms with E-state index in [0.29, 0.717) is 34.1 Å². The van der Waals surface area contributed by atoms with Crippen molar-refractivity contribution in [1.29, 1.82) is 0 Å². The Labute approximate surface area is 347 Å². The molecule has 0 saturated heterocycles. The summed E-state index contributed by atoms with van der Waals surface area (Å²) in [5.74, 6) is 1.62. The maximum atomic E-state index is 13.1. The summed E-state index contributed by atoms with van der Waals surface area (Å²) in [5, 5.41) is 15.6. The minimum Gasteiger partial charge on any atom is -0.461 e. The van der Waals surface area contributed by atoms with Crippen molar-refractivity contribution in [2.24, 2.45) is 0 Å². The lowest BCUT2D eigenvalue weighted by molar-refractivity contribution is 0.0512. The monoisotopic (exact) mass is 916 g/mol. The average Bonchev–Trinajstić information content (AvgIpc) is 3.94. The molecule has 9 nitrogen and oxygen atoms in total. The second kappa shape index (κ2) is 16.4. The summed E-state index contributed by atoms with van der Waals surface area (Å²) in [6.07, 6.45) is 2.77. The maximum Gasteiger partial charge on any atom is 0.357 e. The third kappa shape index (κ3) is 6.87. The number of carbonyl (C=O) groups excluding carboxylic acids is 1. The number of hydrogen-bond donors (Lipinski definition) is 0. The van der Waals surface area contributed by atoms with Gasteiger partial charge in [-0.1, -0.05) is 135 Å². The van der Waals surface area contributed by atoms with E-state index in [-0.39, 0.29) is 5.97 Å². The summed E-state index contributed by atoms with van der Waals surface area (Å²) in [4.78, 5) is 19.6. The smallest absolute Gasteiger partial charge is 0.357 e. The van der Waals surface area contributed by atoms with Crippen molar-refractivity contribution in [2.45, 2.75) is 45.2 Å². The Morgan fingerprint density at radius 2 is 1.43 bits per heavy atom. The second-order valence-electron chi connectivity index (χ2n) is 13.4. The van der Waals surface area contributed by atoms with Crippen molar-refractivity contribution in [3.63, 3.8) is 0 Å². The van der Waals surface area contributed by atoms with Gasteiger partial charge in [0, 0.05) is 29.5 Å². The highest BCUT2D eigenvalue weighted by molar-refractivity contribution is 14.1. The Kier molecular flexibility index (Phi) is 11.0. The molecule has 8 rings (SSSR count). The highest BCUT2D eigenvalue weighted by Crippen LogP contribution is 2.43. The molecule has 0 bridgehead atoms. The first-order valence-electron chi connectivity index (χ1n) is 18.6. The number of aromatic nitrogens is 6. The maximum absolute atomic E-state index is 13.1. The highest BCUT2D eigenvalue weighted by Gasteiger charge is 2.41. The van der Waals surface area contributed by atoms with Crippen LogP contribution in [-0.2, 0) is 23.2 Å². The number of aryl methyl sites for hydroxylation is 1. The molecule has 11 heteroatoms. The number of halogens is 2. The van der Waals surface area contributed by atoms with Gasteiger partial charge in [0.1, 0.15) is 20.9 Å². The summed E-state index contributed by atoms with van der Waals surface area (Å²) in [7, 11) is 0. The lowest BCUT2D eigenvalue weighted by atomic mass is 9.77. The van der Waals surface area contributed by atoms with Crippen LogP contribution in [0.25, 0.3) is 33.7 Å². The first-order valence-corrected chi connectivity index (χ1v) is 20.5. The molecule has 3 aromatic heterocycles. The van der Waals surface area contributed by atoms with Crippen LogP contribution >= 0.6 is 38.5 Å². The number of hydrogen-bond acceptors (Lipinski definition) is 7. The molecule has 56 heavy (non-hydrogen) atoms. The van der Waals surface area contributed by atoms with E-state index in [9.17, 15) is 4.79 Å². The van der Waals surface area contributed by atoms with Crippen LogP contribution in [-0.4, -0.2) is 42.3 Å². The summed E-state index contributed by atoms with van der Waals surface area (Å²) in [6, 6.07) is 44.9. The van der Waals surface area contributed by atoms with Crippen LogP contribution in [0, 0.1) is 3.70 Å². The molecule has 0 spiro atoms. The zero-order valence-corrected chi connectivity index (χ0v) is 34.6. The number of benzene rings is 5. The van der Waals surface area contributed by atoms with E-state index in [1.165, 1.54) is 0 Å². The number of furan rings is 1. The summed E-state index contributed by atoms with van der Waals surface area (Å²) in [5.41, 5.74) is 5.89. The van der Waals surface area contributed by atoms with Crippen molar-refractivity contribution in [3.8, 4) is 22.7 Å². The molecule has 0 fully saturated rings. The van der Waals surface area contributed by atoms with Crippen LogP contribution < -0.4 is 0 Å². The number of ether oxygens (including phenoxy) is 1. The van der Waals surface area contributed by atoms with Gasteiger partial charge in [-0.25, -0.2) is 9.78 Å². The van der Waals surface area contributed by atoms with Gasteiger partial charge in [0.2, 0.25) is 5.82 Å². The topological polar surface area (TPSA) is 101 Å². The van der Waals surface area contributed by atoms with Gasteiger partial charge in [-0.2, -0.15) is 0 Å². The summed E-state index contributed by atoms with van der Waals surface area (Å²) < 4.78 is 15.5. The molecule has 5 aromatic carbocycles. The molecule has 0 radical (unpaired) electrons. The Bertz CT molecular complexity index is 2520. The Hall–Kier alpha value is -5.40. The normalized spacial score (nSPS) is 11.6. The van der Waals surface area contributed by atoms with Crippen molar-refractivity contribution >= 4 is 55.5 Å². The third-order valence-electron chi connectivity index (χ3n) is 9.96. The van der Waals surface area contributed by atoms with Gasteiger partial charge >= 0.3 is 5.97 Å². The molecule has 280 valence electrons. The van der Waals surface area contributed by atoms with Gasteiger partial charge < -0.3 is 13.7 Å². The molecule has 0 aliphatic carbocycles. The molecule has 0 aliphatic heterocycles. The molecule has 8 aromatic rings. The van der Waals surface area contributed by atoms with E-state index in [2.05, 4.69) is 87.9 Å². The molecular formula is C45H38BrIN6O3. The van der Waals surface area contributed by atoms with E-state index in [1.54, 1.807) is 4.80 Å². The molecule has 0 amide bonds. The average molecular weight is 918 g/mol. The number of esters is 1. The van der Waals surface area contributed by atoms with Crippen molar-refractivity contribution in [1.82, 2.24) is 29.8 Å². The predicted octanol–water partition coefficient (Wildman–Crippen LogP) is 10.7. The largest absolute Gasteiger partial charge is 0.461 e. The Balaban J connectivity index is 1.21. The third-order valence-corrected chi connectivity index (χ3v) is 11.5. The van der Waals surface area contributed by atoms with Gasteiger partial charge in [-0.05, 0) is 91.5 Å². The van der Waals surface area contributed by atoms with Crippen LogP contribution in [0.1, 0.15) is 65.3 Å². The minimum absolute atomic E-state index is 0.294. The zero-order valence-electron chi connectivity index (χ0n) is 30.9. The van der Waals surface area contributed by atoms with Gasteiger partial charge in [-0.3, -0.25) is 0 Å². The number of unbranched alkanes of at least 4 members (excludes halogenated alkanes) is 1. The number of carbonyl (C=O) groups is 1. The molecule has 0 saturated carbocycles. The number of imidazole rings is 1. The number of nitrogens with zero attached hydrogens (tertiary/aromatic N) is 6. The molecule has 0 unspecified atom stereocenters. The van der Waals surface area contributed by atoms with E-state index < -0.39 is 5.54 Å². The van der Waals surface area contributed by atoms with Crippen LogP contribution in [0.15, 0.2) is 142 Å².